The van der Waals surface area contributed by atoms with Gasteiger partial charge in [-0.15, -0.1) is 5.10 Å². The predicted octanol–water partition coefficient (Wildman–Crippen LogP) is 3.26. The number of hydrogen-bond acceptors (Lipinski definition) is 6. The topological polar surface area (TPSA) is 131 Å². The first-order valence-electron chi connectivity index (χ1n) is 12.5. The lowest BCUT2D eigenvalue weighted by Gasteiger charge is -2.31. The van der Waals surface area contributed by atoms with E-state index in [-0.39, 0.29) is 29.0 Å². The number of nitrogens with zero attached hydrogens (tertiary/aromatic N) is 4. The van der Waals surface area contributed by atoms with E-state index in [2.05, 4.69) is 15.4 Å². The summed E-state index contributed by atoms with van der Waals surface area (Å²) in [5.74, 6) is 0.0731. The molecular formula is C28H28N6O5. The molecule has 3 heterocycles. The number of rotatable bonds is 5. The third-order valence-corrected chi connectivity index (χ3v) is 6.85. The van der Waals surface area contributed by atoms with Gasteiger partial charge in [-0.3, -0.25) is 9.78 Å². The first kappa shape index (κ1) is 25.7. The second-order valence-electron chi connectivity index (χ2n) is 9.37. The number of aromatic amines is 1. The average Bonchev–Trinajstić information content (AvgIpc) is 3.37. The molecule has 0 radical (unpaired) electrons. The van der Waals surface area contributed by atoms with E-state index in [1.165, 1.54) is 16.4 Å². The van der Waals surface area contributed by atoms with Crippen molar-refractivity contribution in [3.8, 4) is 22.5 Å². The van der Waals surface area contributed by atoms with E-state index in [1.807, 2.05) is 30.3 Å². The Morgan fingerprint density at radius 1 is 0.974 bits per heavy atom. The van der Waals surface area contributed by atoms with Gasteiger partial charge in [0.1, 0.15) is 5.69 Å². The van der Waals surface area contributed by atoms with Gasteiger partial charge in [0.2, 0.25) is 0 Å². The highest BCUT2D eigenvalue weighted by atomic mass is 16.5. The SMILES string of the molecule is COC(=O)c1ccc(-c2cc(NC(=O)N3CCC(n4nc(-c5ccccc5)[nH]c4=O)CC3)c(=O)n(C)c2)cc1. The van der Waals surface area contributed by atoms with Crippen LogP contribution >= 0.6 is 0 Å². The van der Waals surface area contributed by atoms with Crippen molar-refractivity contribution >= 4 is 17.7 Å². The molecule has 1 fully saturated rings. The summed E-state index contributed by atoms with van der Waals surface area (Å²) in [6, 6.07) is 17.3. The van der Waals surface area contributed by atoms with Crippen LogP contribution in [0.3, 0.4) is 0 Å². The standard InChI is InChI=1S/C28H28N6O5/c1-32-17-21(18-8-10-20(11-9-18)26(36)39-2)16-23(25(32)35)29-27(37)33-14-12-22(13-15-33)34-28(38)30-24(31-34)19-6-4-3-5-7-19/h3-11,16-17,22H,12-15H2,1-2H3,(H,29,37)(H,30,31,38). The number of H-pyrrole nitrogens is 1. The van der Waals surface area contributed by atoms with Crippen LogP contribution in [-0.2, 0) is 11.8 Å². The smallest absolute Gasteiger partial charge is 0.343 e. The first-order chi connectivity index (χ1) is 18.8. The van der Waals surface area contributed by atoms with Crippen molar-refractivity contribution in [1.29, 1.82) is 0 Å². The van der Waals surface area contributed by atoms with Crippen molar-refractivity contribution in [2.24, 2.45) is 7.05 Å². The number of methoxy groups -OCH3 is 1. The van der Waals surface area contributed by atoms with Crippen molar-refractivity contribution < 1.29 is 14.3 Å². The number of ether oxygens (including phenoxy) is 1. The Balaban J connectivity index is 1.26. The van der Waals surface area contributed by atoms with Gasteiger partial charge in [0.25, 0.3) is 5.56 Å². The molecule has 0 atom stereocenters. The Bertz CT molecular complexity index is 1610. The van der Waals surface area contributed by atoms with Gasteiger partial charge in [-0.25, -0.2) is 19.1 Å². The lowest BCUT2D eigenvalue weighted by atomic mass is 10.0. The molecule has 2 amide bonds. The molecule has 2 N–H and O–H groups in total. The second kappa shape index (κ2) is 10.8. The number of hydrogen-bond donors (Lipinski definition) is 2. The zero-order chi connectivity index (χ0) is 27.5. The van der Waals surface area contributed by atoms with Gasteiger partial charge in [-0.1, -0.05) is 42.5 Å². The van der Waals surface area contributed by atoms with Crippen molar-refractivity contribution in [3.63, 3.8) is 0 Å². The van der Waals surface area contributed by atoms with Crippen molar-refractivity contribution in [3.05, 3.63) is 93.3 Å². The summed E-state index contributed by atoms with van der Waals surface area (Å²) in [6.45, 7) is 0.816. The molecule has 4 aromatic rings. The molecule has 0 bridgehead atoms. The van der Waals surface area contributed by atoms with Gasteiger partial charge in [-0.2, -0.15) is 0 Å². The Hall–Kier alpha value is -4.93. The fraction of sp³-hybridized carbons (Fsp3) is 0.250. The number of aryl methyl sites for hydroxylation is 1. The van der Waals surface area contributed by atoms with Crippen LogP contribution in [0.4, 0.5) is 10.5 Å². The Morgan fingerprint density at radius 3 is 2.33 bits per heavy atom. The molecule has 0 saturated carbocycles. The van der Waals surface area contributed by atoms with Gasteiger partial charge in [0, 0.05) is 37.5 Å². The van der Waals surface area contributed by atoms with Gasteiger partial charge in [0.15, 0.2) is 5.82 Å². The molecule has 11 nitrogen and oxygen atoms in total. The van der Waals surface area contributed by atoms with E-state index < -0.39 is 5.97 Å². The van der Waals surface area contributed by atoms with E-state index in [9.17, 15) is 19.2 Å². The number of piperidine rings is 1. The number of benzene rings is 2. The largest absolute Gasteiger partial charge is 0.465 e. The summed E-state index contributed by atoms with van der Waals surface area (Å²) in [5, 5.41) is 7.23. The summed E-state index contributed by atoms with van der Waals surface area (Å²) in [5.41, 5.74) is 2.24. The van der Waals surface area contributed by atoms with Gasteiger partial charge >= 0.3 is 17.7 Å². The maximum atomic E-state index is 13.1. The molecule has 1 aliphatic heterocycles. The molecule has 1 saturated heterocycles. The number of amides is 2. The number of anilines is 1. The van der Waals surface area contributed by atoms with Gasteiger partial charge in [0.05, 0.1) is 18.7 Å². The van der Waals surface area contributed by atoms with Gasteiger partial charge in [-0.05, 0) is 36.6 Å². The number of aromatic nitrogens is 4. The van der Waals surface area contributed by atoms with Crippen molar-refractivity contribution in [1.82, 2.24) is 24.2 Å². The number of esters is 1. The molecule has 5 rings (SSSR count). The molecule has 1 aliphatic rings. The Kier molecular flexibility index (Phi) is 7.13. The lowest BCUT2D eigenvalue weighted by molar-refractivity contribution is 0.0600. The maximum absolute atomic E-state index is 13.1. The van der Waals surface area contributed by atoms with Crippen LogP contribution in [0.5, 0.6) is 0 Å². The lowest BCUT2D eigenvalue weighted by Crippen LogP contribution is -2.43. The minimum absolute atomic E-state index is 0.139. The normalized spacial score (nSPS) is 13.7. The third kappa shape index (κ3) is 5.37. The summed E-state index contributed by atoms with van der Waals surface area (Å²) < 4.78 is 7.60. The van der Waals surface area contributed by atoms with Crippen molar-refractivity contribution in [2.45, 2.75) is 18.9 Å². The number of likely N-dealkylation sites (tertiary alicyclic amines) is 1. The molecule has 11 heteroatoms. The fourth-order valence-corrected chi connectivity index (χ4v) is 4.69. The fourth-order valence-electron chi connectivity index (χ4n) is 4.69. The monoisotopic (exact) mass is 528 g/mol. The molecule has 39 heavy (non-hydrogen) atoms. The number of urea groups is 1. The van der Waals surface area contributed by atoms with E-state index in [0.29, 0.717) is 42.9 Å². The van der Waals surface area contributed by atoms with Gasteiger partial charge < -0.3 is 19.5 Å². The molecule has 0 spiro atoms. The molecule has 2 aromatic heterocycles. The molecule has 0 aliphatic carbocycles. The average molecular weight is 529 g/mol. The highest BCUT2D eigenvalue weighted by Crippen LogP contribution is 2.24. The van der Waals surface area contributed by atoms with E-state index in [0.717, 1.165) is 11.1 Å². The first-order valence-corrected chi connectivity index (χ1v) is 12.5. The molecule has 0 unspecified atom stereocenters. The molecule has 2 aromatic carbocycles. The number of carbonyl (C=O) groups excluding carboxylic acids is 2. The van der Waals surface area contributed by atoms with Crippen LogP contribution in [0.25, 0.3) is 22.5 Å². The Morgan fingerprint density at radius 2 is 1.67 bits per heavy atom. The highest BCUT2D eigenvalue weighted by Gasteiger charge is 2.27. The number of carbonyl (C=O) groups is 2. The van der Waals surface area contributed by atoms with Crippen LogP contribution in [-0.4, -0.2) is 56.4 Å². The number of pyridine rings is 1. The number of nitrogens with one attached hydrogen (secondary N) is 2. The van der Waals surface area contributed by atoms with Crippen LogP contribution in [0.1, 0.15) is 29.2 Å². The minimum atomic E-state index is -0.437. The third-order valence-electron chi connectivity index (χ3n) is 6.85. The second-order valence-corrected chi connectivity index (χ2v) is 9.37. The van der Waals surface area contributed by atoms with Crippen LogP contribution < -0.4 is 16.6 Å². The molecular weight excluding hydrogens is 500 g/mol. The van der Waals surface area contributed by atoms with Crippen LogP contribution in [0, 0.1) is 0 Å². The molecule has 200 valence electrons. The summed E-state index contributed by atoms with van der Waals surface area (Å²) in [7, 11) is 2.93. The zero-order valence-electron chi connectivity index (χ0n) is 21.6. The zero-order valence-corrected chi connectivity index (χ0v) is 21.6. The van der Waals surface area contributed by atoms with Crippen molar-refractivity contribution in [2.75, 3.05) is 25.5 Å². The minimum Gasteiger partial charge on any atom is -0.465 e. The summed E-state index contributed by atoms with van der Waals surface area (Å²) in [6.07, 6.45) is 2.77. The summed E-state index contributed by atoms with van der Waals surface area (Å²) >= 11 is 0. The maximum Gasteiger partial charge on any atom is 0.343 e. The Labute approximate surface area is 223 Å². The summed E-state index contributed by atoms with van der Waals surface area (Å²) in [4.78, 5) is 54.5. The van der Waals surface area contributed by atoms with E-state index in [1.54, 1.807) is 48.5 Å². The predicted molar refractivity (Wildman–Crippen MR) is 146 cm³/mol. The highest BCUT2D eigenvalue weighted by molar-refractivity contribution is 5.91. The van der Waals surface area contributed by atoms with E-state index >= 15 is 0 Å². The van der Waals surface area contributed by atoms with Crippen LogP contribution in [0.2, 0.25) is 0 Å². The quantitative estimate of drug-likeness (QED) is 0.382. The van der Waals surface area contributed by atoms with E-state index in [4.69, 9.17) is 4.74 Å². The van der Waals surface area contributed by atoms with Crippen LogP contribution in [0.15, 0.2) is 76.4 Å².